The van der Waals surface area contributed by atoms with Gasteiger partial charge in [-0.1, -0.05) is 17.4 Å². The molecule has 12 heteroatoms. The van der Waals surface area contributed by atoms with Crippen LogP contribution < -0.4 is 16.4 Å². The fourth-order valence-electron chi connectivity index (χ4n) is 4.07. The quantitative estimate of drug-likeness (QED) is 0.437. The van der Waals surface area contributed by atoms with Crippen LogP contribution >= 0.6 is 11.3 Å². The van der Waals surface area contributed by atoms with Gasteiger partial charge in [-0.3, -0.25) is 14.8 Å². The van der Waals surface area contributed by atoms with Gasteiger partial charge < -0.3 is 16.2 Å². The highest BCUT2D eigenvalue weighted by molar-refractivity contribution is 7.19. The molecule has 1 aliphatic rings. The van der Waals surface area contributed by atoms with E-state index in [-0.39, 0.29) is 27.7 Å². The van der Waals surface area contributed by atoms with Crippen LogP contribution in [0.25, 0.3) is 10.6 Å². The summed E-state index contributed by atoms with van der Waals surface area (Å²) in [7, 11) is 1.78. The second-order valence-corrected chi connectivity index (χ2v) is 8.86. The number of rotatable bonds is 5. The van der Waals surface area contributed by atoms with E-state index in [4.69, 9.17) is 10.8 Å². The van der Waals surface area contributed by atoms with E-state index in [0.717, 1.165) is 43.5 Å². The summed E-state index contributed by atoms with van der Waals surface area (Å²) in [6.45, 7) is 0. The van der Waals surface area contributed by atoms with Crippen LogP contribution in [-0.2, 0) is 7.05 Å². The average molecular weight is 477 g/mol. The number of nitrogens with two attached hydrogens (primary N) is 1. The molecule has 1 aromatic carbocycles. The van der Waals surface area contributed by atoms with Gasteiger partial charge in [-0.2, -0.15) is 5.10 Å². The van der Waals surface area contributed by atoms with Gasteiger partial charge in [0, 0.05) is 19.0 Å². The van der Waals surface area contributed by atoms with Crippen LogP contribution in [0.15, 0.2) is 24.4 Å². The monoisotopic (exact) mass is 476 g/mol. The summed E-state index contributed by atoms with van der Waals surface area (Å²) in [5.74, 6) is -2.31. The standard InChI is InChI=1S/C21H22F2N6O3S/c1-29-17(10-5-7-11(24)8-6-10)14(9-25-29)26-18(30)16-20(28-21(31)32)33-19(27-16)15-12(22)3-2-4-13(15)23/h2-4,9-11,28H,5-8,24H2,1H3,(H,26,30)(H,31,32). The molecule has 1 saturated carbocycles. The number of anilines is 2. The van der Waals surface area contributed by atoms with Crippen LogP contribution in [0.5, 0.6) is 0 Å². The van der Waals surface area contributed by atoms with E-state index in [9.17, 15) is 18.4 Å². The Balaban J connectivity index is 1.66. The van der Waals surface area contributed by atoms with Crippen LogP contribution in [0.4, 0.5) is 24.3 Å². The van der Waals surface area contributed by atoms with Crippen LogP contribution in [0, 0.1) is 11.6 Å². The molecule has 9 nitrogen and oxygen atoms in total. The molecule has 1 fully saturated rings. The number of amides is 2. The molecule has 2 heterocycles. The fraction of sp³-hybridized carbons (Fsp3) is 0.333. The van der Waals surface area contributed by atoms with Crippen molar-refractivity contribution in [3.63, 3.8) is 0 Å². The molecular formula is C21H22F2N6O3S. The van der Waals surface area contributed by atoms with Gasteiger partial charge in [-0.15, -0.1) is 0 Å². The predicted molar refractivity (Wildman–Crippen MR) is 119 cm³/mol. The number of carbonyl (C=O) groups excluding carboxylic acids is 1. The van der Waals surface area contributed by atoms with Gasteiger partial charge in [0.1, 0.15) is 21.6 Å². The molecule has 33 heavy (non-hydrogen) atoms. The largest absolute Gasteiger partial charge is 0.465 e. The zero-order valence-corrected chi connectivity index (χ0v) is 18.5. The molecule has 174 valence electrons. The topological polar surface area (TPSA) is 135 Å². The maximum Gasteiger partial charge on any atom is 0.409 e. The van der Waals surface area contributed by atoms with Crippen molar-refractivity contribution in [1.82, 2.24) is 14.8 Å². The van der Waals surface area contributed by atoms with Crippen molar-refractivity contribution < 1.29 is 23.5 Å². The molecule has 2 amide bonds. The van der Waals surface area contributed by atoms with E-state index in [2.05, 4.69) is 20.7 Å². The minimum atomic E-state index is -1.44. The Morgan fingerprint density at radius 3 is 2.48 bits per heavy atom. The van der Waals surface area contributed by atoms with E-state index in [1.807, 2.05) is 0 Å². The van der Waals surface area contributed by atoms with E-state index < -0.39 is 29.2 Å². The smallest absolute Gasteiger partial charge is 0.409 e. The van der Waals surface area contributed by atoms with E-state index in [1.54, 1.807) is 11.7 Å². The molecule has 2 aromatic heterocycles. The number of aromatic nitrogens is 3. The van der Waals surface area contributed by atoms with Crippen molar-refractivity contribution >= 4 is 34.0 Å². The Bertz CT molecular complexity index is 1180. The predicted octanol–water partition coefficient (Wildman–Crippen LogP) is 4.15. The van der Waals surface area contributed by atoms with Gasteiger partial charge in [0.25, 0.3) is 5.91 Å². The number of carboxylic acid groups (broad SMARTS) is 1. The SMILES string of the molecule is Cn1ncc(NC(=O)c2nc(-c3c(F)cccc3F)sc2NC(=O)O)c1C1CCC(N)CC1. The highest BCUT2D eigenvalue weighted by Gasteiger charge is 2.28. The van der Waals surface area contributed by atoms with Gasteiger partial charge in [0.05, 0.1) is 23.1 Å². The highest BCUT2D eigenvalue weighted by Crippen LogP contribution is 2.38. The molecule has 4 rings (SSSR count). The minimum absolute atomic E-state index is 0.147. The van der Waals surface area contributed by atoms with Gasteiger partial charge in [-0.05, 0) is 37.8 Å². The minimum Gasteiger partial charge on any atom is -0.465 e. The van der Waals surface area contributed by atoms with Crippen molar-refractivity contribution in [1.29, 1.82) is 0 Å². The van der Waals surface area contributed by atoms with Crippen molar-refractivity contribution in [3.05, 3.63) is 47.4 Å². The van der Waals surface area contributed by atoms with Gasteiger partial charge in [0.2, 0.25) is 0 Å². The Morgan fingerprint density at radius 2 is 1.85 bits per heavy atom. The fourth-order valence-corrected chi connectivity index (χ4v) is 5.07. The number of benzene rings is 1. The van der Waals surface area contributed by atoms with Crippen LogP contribution in [0.3, 0.4) is 0 Å². The molecule has 5 N–H and O–H groups in total. The van der Waals surface area contributed by atoms with E-state index >= 15 is 0 Å². The third-order valence-electron chi connectivity index (χ3n) is 5.63. The summed E-state index contributed by atoms with van der Waals surface area (Å²) in [5, 5.41) is 17.9. The zero-order valence-electron chi connectivity index (χ0n) is 17.6. The zero-order chi connectivity index (χ0) is 23.7. The van der Waals surface area contributed by atoms with Crippen molar-refractivity contribution in [2.24, 2.45) is 12.8 Å². The second-order valence-electron chi connectivity index (χ2n) is 7.86. The van der Waals surface area contributed by atoms with Gasteiger partial charge >= 0.3 is 6.09 Å². The van der Waals surface area contributed by atoms with Gasteiger partial charge in [-0.25, -0.2) is 18.6 Å². The summed E-state index contributed by atoms with van der Waals surface area (Å²) < 4.78 is 30.2. The lowest BCUT2D eigenvalue weighted by molar-refractivity contribution is 0.102. The Kier molecular flexibility index (Phi) is 6.38. The maximum atomic E-state index is 14.2. The molecule has 0 spiro atoms. The number of nitrogens with zero attached hydrogens (tertiary/aromatic N) is 3. The van der Waals surface area contributed by atoms with E-state index in [0.29, 0.717) is 17.0 Å². The van der Waals surface area contributed by atoms with Crippen LogP contribution in [0.2, 0.25) is 0 Å². The first-order valence-electron chi connectivity index (χ1n) is 10.3. The molecule has 0 aliphatic heterocycles. The molecular weight excluding hydrogens is 454 g/mol. The van der Waals surface area contributed by atoms with Crippen molar-refractivity contribution in [2.75, 3.05) is 10.6 Å². The first-order chi connectivity index (χ1) is 15.7. The maximum absolute atomic E-state index is 14.2. The molecule has 0 atom stereocenters. The number of nitrogens with one attached hydrogen (secondary N) is 2. The van der Waals surface area contributed by atoms with E-state index in [1.165, 1.54) is 12.3 Å². The second kappa shape index (κ2) is 9.24. The van der Waals surface area contributed by atoms with Crippen molar-refractivity contribution in [2.45, 2.75) is 37.6 Å². The number of hydrogen-bond acceptors (Lipinski definition) is 6. The Hall–Kier alpha value is -3.38. The molecule has 0 bridgehead atoms. The summed E-state index contributed by atoms with van der Waals surface area (Å²) in [4.78, 5) is 28.4. The van der Waals surface area contributed by atoms with Crippen LogP contribution in [-0.4, -0.2) is 37.9 Å². The average Bonchev–Trinajstić information content (AvgIpc) is 3.32. The van der Waals surface area contributed by atoms with Gasteiger partial charge in [0.15, 0.2) is 5.69 Å². The first-order valence-corrected chi connectivity index (χ1v) is 11.1. The molecule has 0 unspecified atom stereocenters. The summed E-state index contributed by atoms with van der Waals surface area (Å²) in [6, 6.07) is 3.47. The number of aryl methyl sites for hydroxylation is 1. The Labute approximate surface area is 191 Å². The number of halogens is 2. The molecule has 0 radical (unpaired) electrons. The lowest BCUT2D eigenvalue weighted by atomic mass is 9.84. The number of thiazole rings is 1. The lowest BCUT2D eigenvalue weighted by Crippen LogP contribution is -2.27. The normalized spacial score (nSPS) is 18.2. The third-order valence-corrected chi connectivity index (χ3v) is 6.62. The molecule has 0 saturated heterocycles. The molecule has 3 aromatic rings. The highest BCUT2D eigenvalue weighted by atomic mass is 32.1. The number of hydrogen-bond donors (Lipinski definition) is 4. The third kappa shape index (κ3) is 4.71. The summed E-state index contributed by atoms with van der Waals surface area (Å²) >= 11 is 0.667. The first kappa shape index (κ1) is 22.8. The Morgan fingerprint density at radius 1 is 1.18 bits per heavy atom. The lowest BCUT2D eigenvalue weighted by Gasteiger charge is -2.27. The number of carbonyl (C=O) groups is 2. The summed E-state index contributed by atoms with van der Waals surface area (Å²) in [5.41, 5.74) is 6.58. The summed E-state index contributed by atoms with van der Waals surface area (Å²) in [6.07, 6.45) is 3.49. The van der Waals surface area contributed by atoms with Crippen molar-refractivity contribution in [3.8, 4) is 10.6 Å². The van der Waals surface area contributed by atoms with Crippen LogP contribution in [0.1, 0.15) is 47.8 Å². The molecule has 1 aliphatic carbocycles.